The number of halogens is 3. The van der Waals surface area contributed by atoms with E-state index in [1.54, 1.807) is 0 Å². The van der Waals surface area contributed by atoms with E-state index in [4.69, 9.17) is 0 Å². The van der Waals surface area contributed by atoms with Gasteiger partial charge in [-0.15, -0.1) is 0 Å². The lowest BCUT2D eigenvalue weighted by Gasteiger charge is -2.29. The van der Waals surface area contributed by atoms with Crippen LogP contribution in [0.2, 0.25) is 0 Å². The van der Waals surface area contributed by atoms with E-state index in [2.05, 4.69) is 26.5 Å². The molecule has 1 aliphatic heterocycles. The van der Waals surface area contributed by atoms with Crippen LogP contribution in [0.3, 0.4) is 0 Å². The summed E-state index contributed by atoms with van der Waals surface area (Å²) in [6.07, 6.45) is -1.98. The number of rotatable bonds is 4. The van der Waals surface area contributed by atoms with E-state index in [1.165, 1.54) is 23.7 Å². The third-order valence-electron chi connectivity index (χ3n) is 4.20. The Kier molecular flexibility index (Phi) is 4.93. The lowest BCUT2D eigenvalue weighted by atomic mass is 10.00. The van der Waals surface area contributed by atoms with Crippen LogP contribution in [0.1, 0.15) is 30.9 Å². The summed E-state index contributed by atoms with van der Waals surface area (Å²) < 4.78 is 41.9. The molecule has 0 bridgehead atoms. The molecule has 0 amide bonds. The monoisotopic (exact) mass is 356 g/mol. The second kappa shape index (κ2) is 6.96. The van der Waals surface area contributed by atoms with Gasteiger partial charge in [0.15, 0.2) is 0 Å². The Labute approximate surface area is 142 Å². The first-order chi connectivity index (χ1) is 11.4. The molecule has 0 radical (unpaired) electrons. The summed E-state index contributed by atoms with van der Waals surface area (Å²) in [5.74, 6) is 1.28. The van der Waals surface area contributed by atoms with Crippen LogP contribution in [0.5, 0.6) is 0 Å². The van der Waals surface area contributed by atoms with Crippen LogP contribution in [0.4, 0.5) is 24.3 Å². The Morgan fingerprint density at radius 1 is 1.21 bits per heavy atom. The highest BCUT2D eigenvalue weighted by Crippen LogP contribution is 2.29. The lowest BCUT2D eigenvalue weighted by Crippen LogP contribution is -2.32. The van der Waals surface area contributed by atoms with Gasteiger partial charge in [0.05, 0.1) is 5.56 Å². The predicted octanol–water partition coefficient (Wildman–Crippen LogP) is 4.41. The minimum atomic E-state index is -4.30. The number of aromatic nitrogens is 2. The van der Waals surface area contributed by atoms with Crippen molar-refractivity contribution in [2.45, 2.75) is 32.5 Å². The number of nitrogens with zero attached hydrogens (tertiary/aromatic N) is 3. The van der Waals surface area contributed by atoms with Crippen molar-refractivity contribution in [2.75, 3.05) is 23.3 Å². The number of hydrogen-bond donors (Lipinski definition) is 1. The first kappa shape index (κ1) is 17.0. The normalized spacial score (nSPS) is 16.4. The summed E-state index contributed by atoms with van der Waals surface area (Å²) >= 11 is 1.35. The molecule has 1 N–H and O–H groups in total. The zero-order valence-corrected chi connectivity index (χ0v) is 14.1. The zero-order valence-electron chi connectivity index (χ0n) is 13.3. The fourth-order valence-corrected chi connectivity index (χ4v) is 3.31. The quantitative estimate of drug-likeness (QED) is 0.881. The minimum Gasteiger partial charge on any atom is -0.349 e. The number of alkyl halides is 3. The van der Waals surface area contributed by atoms with E-state index in [1.807, 2.05) is 0 Å². The third-order valence-corrected chi connectivity index (χ3v) is 4.98. The third kappa shape index (κ3) is 4.17. The first-order valence-corrected chi connectivity index (χ1v) is 8.68. The van der Waals surface area contributed by atoms with Crippen molar-refractivity contribution in [3.05, 3.63) is 35.4 Å². The van der Waals surface area contributed by atoms with Crippen molar-refractivity contribution in [3.63, 3.8) is 0 Å². The SMILES string of the molecule is CC1CCN(c2nc(NCc3ccc(C(F)(F)F)cc3)ns2)CC1. The highest BCUT2D eigenvalue weighted by atomic mass is 32.1. The van der Waals surface area contributed by atoms with Crippen LogP contribution < -0.4 is 10.2 Å². The van der Waals surface area contributed by atoms with Gasteiger partial charge in [-0.05, 0) is 36.5 Å². The molecule has 1 saturated heterocycles. The molecule has 1 aromatic carbocycles. The summed E-state index contributed by atoms with van der Waals surface area (Å²) in [5, 5.41) is 3.97. The molecule has 0 unspecified atom stereocenters. The fraction of sp³-hybridized carbons (Fsp3) is 0.500. The van der Waals surface area contributed by atoms with Gasteiger partial charge < -0.3 is 10.2 Å². The maximum atomic E-state index is 12.5. The van der Waals surface area contributed by atoms with Gasteiger partial charge in [0.1, 0.15) is 0 Å². The van der Waals surface area contributed by atoms with Crippen molar-refractivity contribution in [2.24, 2.45) is 5.92 Å². The van der Waals surface area contributed by atoms with Gasteiger partial charge in [-0.25, -0.2) is 0 Å². The van der Waals surface area contributed by atoms with Gasteiger partial charge in [0, 0.05) is 31.2 Å². The predicted molar refractivity (Wildman–Crippen MR) is 89.3 cm³/mol. The van der Waals surface area contributed by atoms with Gasteiger partial charge in [-0.3, -0.25) is 0 Å². The van der Waals surface area contributed by atoms with Crippen LogP contribution in [-0.4, -0.2) is 22.4 Å². The van der Waals surface area contributed by atoms with E-state index < -0.39 is 11.7 Å². The average Bonchev–Trinajstić information content (AvgIpc) is 3.02. The van der Waals surface area contributed by atoms with E-state index in [0.29, 0.717) is 12.5 Å². The second-order valence-electron chi connectivity index (χ2n) is 6.12. The number of hydrogen-bond acceptors (Lipinski definition) is 5. The Hall–Kier alpha value is -1.83. The molecule has 0 saturated carbocycles. The average molecular weight is 356 g/mol. The molecule has 2 heterocycles. The van der Waals surface area contributed by atoms with E-state index in [0.717, 1.165) is 54.7 Å². The van der Waals surface area contributed by atoms with Gasteiger partial charge in [0.2, 0.25) is 11.1 Å². The van der Waals surface area contributed by atoms with Crippen molar-refractivity contribution in [1.82, 2.24) is 9.36 Å². The smallest absolute Gasteiger partial charge is 0.349 e. The van der Waals surface area contributed by atoms with Gasteiger partial charge in [-0.1, -0.05) is 19.1 Å². The number of piperidine rings is 1. The van der Waals surface area contributed by atoms with Crippen LogP contribution in [-0.2, 0) is 12.7 Å². The molecule has 0 aliphatic carbocycles. The molecule has 130 valence electrons. The highest BCUT2D eigenvalue weighted by molar-refractivity contribution is 7.09. The molecule has 3 rings (SSSR count). The molecule has 1 fully saturated rings. The van der Waals surface area contributed by atoms with Gasteiger partial charge in [-0.2, -0.15) is 22.5 Å². The molecule has 0 spiro atoms. The van der Waals surface area contributed by atoms with Crippen LogP contribution in [0.15, 0.2) is 24.3 Å². The Bertz CT molecular complexity index is 661. The summed E-state index contributed by atoms with van der Waals surface area (Å²) in [7, 11) is 0. The summed E-state index contributed by atoms with van der Waals surface area (Å²) in [4.78, 5) is 6.71. The fourth-order valence-electron chi connectivity index (χ4n) is 2.61. The van der Waals surface area contributed by atoms with E-state index in [9.17, 15) is 13.2 Å². The summed E-state index contributed by atoms with van der Waals surface area (Å²) in [5.41, 5.74) is 0.116. The molecular formula is C16H19F3N4S. The van der Waals surface area contributed by atoms with Crippen molar-refractivity contribution >= 4 is 22.6 Å². The topological polar surface area (TPSA) is 41.1 Å². The highest BCUT2D eigenvalue weighted by Gasteiger charge is 2.29. The summed E-state index contributed by atoms with van der Waals surface area (Å²) in [6, 6.07) is 5.11. The Morgan fingerprint density at radius 3 is 2.50 bits per heavy atom. The maximum Gasteiger partial charge on any atom is 0.416 e. The second-order valence-corrected chi connectivity index (χ2v) is 6.85. The molecule has 1 aromatic heterocycles. The summed E-state index contributed by atoms with van der Waals surface area (Å²) in [6.45, 7) is 4.64. The van der Waals surface area contributed by atoms with Crippen molar-refractivity contribution < 1.29 is 13.2 Å². The molecule has 1 aliphatic rings. The zero-order chi connectivity index (χ0) is 17.2. The maximum absolute atomic E-state index is 12.5. The minimum absolute atomic E-state index is 0.394. The number of benzene rings is 1. The number of anilines is 2. The molecular weight excluding hydrogens is 337 g/mol. The number of nitrogens with one attached hydrogen (secondary N) is 1. The lowest BCUT2D eigenvalue weighted by molar-refractivity contribution is -0.137. The standard InChI is InChI=1S/C16H19F3N4S/c1-11-6-8-23(9-7-11)15-21-14(22-24-15)20-10-12-2-4-13(5-3-12)16(17,18)19/h2-5,11H,6-10H2,1H3,(H,20,22). The van der Waals surface area contributed by atoms with E-state index in [-0.39, 0.29) is 0 Å². The Morgan fingerprint density at radius 2 is 1.88 bits per heavy atom. The molecule has 0 atom stereocenters. The first-order valence-electron chi connectivity index (χ1n) is 7.90. The van der Waals surface area contributed by atoms with Crippen molar-refractivity contribution in [1.29, 1.82) is 0 Å². The van der Waals surface area contributed by atoms with Crippen molar-refractivity contribution in [3.8, 4) is 0 Å². The van der Waals surface area contributed by atoms with Crippen LogP contribution in [0, 0.1) is 5.92 Å². The molecule has 8 heteroatoms. The van der Waals surface area contributed by atoms with Crippen LogP contribution >= 0.6 is 11.5 Å². The van der Waals surface area contributed by atoms with Gasteiger partial charge in [0.25, 0.3) is 0 Å². The molecule has 24 heavy (non-hydrogen) atoms. The Balaban J connectivity index is 1.55. The largest absolute Gasteiger partial charge is 0.416 e. The molecule has 4 nitrogen and oxygen atoms in total. The van der Waals surface area contributed by atoms with Gasteiger partial charge >= 0.3 is 6.18 Å². The van der Waals surface area contributed by atoms with E-state index >= 15 is 0 Å². The van der Waals surface area contributed by atoms with Crippen LogP contribution in [0.25, 0.3) is 0 Å². The molecule has 2 aromatic rings.